The van der Waals surface area contributed by atoms with Crippen LogP contribution in [0, 0.1) is 5.92 Å². The molecule has 1 aromatic heterocycles. The first-order chi connectivity index (χ1) is 8.92. The number of hydrogen-bond acceptors (Lipinski definition) is 3. The zero-order valence-electron chi connectivity index (χ0n) is 10.9. The number of rotatable bonds is 7. The molecule has 0 unspecified atom stereocenters. The lowest BCUT2D eigenvalue weighted by molar-refractivity contribution is 0.220. The SMILES string of the molecule is c1cc(CNC2CC2)c(OCCC2CCC2)cn1. The van der Waals surface area contributed by atoms with Gasteiger partial charge in [-0.05, 0) is 31.2 Å². The molecule has 0 radical (unpaired) electrons. The fourth-order valence-electron chi connectivity index (χ4n) is 2.34. The molecule has 2 aliphatic carbocycles. The summed E-state index contributed by atoms with van der Waals surface area (Å²) in [5, 5.41) is 3.53. The summed E-state index contributed by atoms with van der Waals surface area (Å²) in [6.07, 6.45) is 11.7. The molecule has 1 N–H and O–H groups in total. The molecule has 98 valence electrons. The highest BCUT2D eigenvalue weighted by atomic mass is 16.5. The van der Waals surface area contributed by atoms with E-state index in [-0.39, 0.29) is 0 Å². The molecule has 0 aromatic carbocycles. The van der Waals surface area contributed by atoms with Crippen molar-refractivity contribution in [3.63, 3.8) is 0 Å². The second kappa shape index (κ2) is 5.70. The van der Waals surface area contributed by atoms with E-state index in [4.69, 9.17) is 4.74 Å². The smallest absolute Gasteiger partial charge is 0.142 e. The first-order valence-electron chi connectivity index (χ1n) is 7.21. The Balaban J connectivity index is 1.48. The first-order valence-corrected chi connectivity index (χ1v) is 7.21. The minimum absolute atomic E-state index is 0.737. The Labute approximate surface area is 109 Å². The molecule has 2 saturated carbocycles. The Morgan fingerprint density at radius 1 is 1.28 bits per heavy atom. The zero-order chi connectivity index (χ0) is 12.2. The van der Waals surface area contributed by atoms with Crippen LogP contribution in [0.2, 0.25) is 0 Å². The number of pyridine rings is 1. The predicted molar refractivity (Wildman–Crippen MR) is 71.6 cm³/mol. The summed E-state index contributed by atoms with van der Waals surface area (Å²) in [7, 11) is 0. The van der Waals surface area contributed by atoms with Crippen LogP contribution in [0.5, 0.6) is 5.75 Å². The minimum atomic E-state index is 0.737. The van der Waals surface area contributed by atoms with Crippen LogP contribution in [0.1, 0.15) is 44.1 Å². The van der Waals surface area contributed by atoms with Crippen molar-refractivity contribution in [1.82, 2.24) is 10.3 Å². The maximum atomic E-state index is 5.89. The van der Waals surface area contributed by atoms with Crippen LogP contribution in [0.4, 0.5) is 0 Å². The molecule has 0 atom stereocenters. The van der Waals surface area contributed by atoms with Gasteiger partial charge in [0.25, 0.3) is 0 Å². The van der Waals surface area contributed by atoms with Crippen LogP contribution in [-0.4, -0.2) is 17.6 Å². The molecule has 3 rings (SSSR count). The van der Waals surface area contributed by atoms with Gasteiger partial charge in [0, 0.05) is 24.3 Å². The van der Waals surface area contributed by atoms with Crippen molar-refractivity contribution >= 4 is 0 Å². The molecular weight excluding hydrogens is 224 g/mol. The summed E-state index contributed by atoms with van der Waals surface area (Å²) < 4.78 is 5.89. The summed E-state index contributed by atoms with van der Waals surface area (Å²) in [4.78, 5) is 4.17. The average molecular weight is 246 g/mol. The highest BCUT2D eigenvalue weighted by Crippen LogP contribution is 2.29. The standard InChI is InChI=1S/C15H22N2O/c1-2-12(3-1)7-9-18-15-11-16-8-6-13(15)10-17-14-4-5-14/h6,8,11-12,14,17H,1-5,7,9-10H2. The van der Waals surface area contributed by atoms with Crippen molar-refractivity contribution in [2.24, 2.45) is 5.92 Å². The Morgan fingerprint density at radius 3 is 2.89 bits per heavy atom. The predicted octanol–water partition coefficient (Wildman–Crippen LogP) is 2.90. The topological polar surface area (TPSA) is 34.1 Å². The van der Waals surface area contributed by atoms with Crippen LogP contribution in [0.25, 0.3) is 0 Å². The molecule has 2 aliphatic rings. The van der Waals surface area contributed by atoms with Crippen LogP contribution < -0.4 is 10.1 Å². The summed E-state index contributed by atoms with van der Waals surface area (Å²) in [5.41, 5.74) is 1.24. The highest BCUT2D eigenvalue weighted by Gasteiger charge is 2.21. The average Bonchev–Trinajstić information content (AvgIpc) is 3.15. The second-order valence-corrected chi connectivity index (χ2v) is 5.57. The van der Waals surface area contributed by atoms with Gasteiger partial charge in [-0.2, -0.15) is 0 Å². The van der Waals surface area contributed by atoms with Gasteiger partial charge in [-0.3, -0.25) is 4.98 Å². The third-order valence-corrected chi connectivity index (χ3v) is 4.04. The maximum Gasteiger partial charge on any atom is 0.142 e. The van der Waals surface area contributed by atoms with E-state index in [9.17, 15) is 0 Å². The van der Waals surface area contributed by atoms with Gasteiger partial charge in [-0.25, -0.2) is 0 Å². The van der Waals surface area contributed by atoms with E-state index in [1.165, 1.54) is 44.1 Å². The van der Waals surface area contributed by atoms with Crippen molar-refractivity contribution in [3.05, 3.63) is 24.0 Å². The van der Waals surface area contributed by atoms with Gasteiger partial charge < -0.3 is 10.1 Å². The van der Waals surface area contributed by atoms with E-state index in [1.807, 2.05) is 12.4 Å². The molecule has 3 nitrogen and oxygen atoms in total. The number of aromatic nitrogens is 1. The first kappa shape index (κ1) is 12.0. The molecular formula is C15H22N2O. The zero-order valence-corrected chi connectivity index (χ0v) is 10.9. The van der Waals surface area contributed by atoms with E-state index in [0.717, 1.165) is 30.9 Å². The molecule has 18 heavy (non-hydrogen) atoms. The van der Waals surface area contributed by atoms with E-state index < -0.39 is 0 Å². The van der Waals surface area contributed by atoms with Crippen LogP contribution in [0.3, 0.4) is 0 Å². The Bertz CT molecular complexity index is 386. The maximum absolute atomic E-state index is 5.89. The van der Waals surface area contributed by atoms with Crippen molar-refractivity contribution in [3.8, 4) is 5.75 Å². The summed E-state index contributed by atoms with van der Waals surface area (Å²) in [6, 6.07) is 2.80. The fraction of sp³-hybridized carbons (Fsp3) is 0.667. The highest BCUT2D eigenvalue weighted by molar-refractivity contribution is 5.29. The van der Waals surface area contributed by atoms with E-state index in [1.54, 1.807) is 0 Å². The lowest BCUT2D eigenvalue weighted by Gasteiger charge is -2.25. The second-order valence-electron chi connectivity index (χ2n) is 5.57. The summed E-state index contributed by atoms with van der Waals surface area (Å²) in [6.45, 7) is 1.75. The largest absolute Gasteiger partial charge is 0.492 e. The van der Waals surface area contributed by atoms with Gasteiger partial charge in [-0.1, -0.05) is 19.3 Å². The monoisotopic (exact) mass is 246 g/mol. The Kier molecular flexibility index (Phi) is 3.79. The third-order valence-electron chi connectivity index (χ3n) is 4.04. The van der Waals surface area contributed by atoms with Gasteiger partial charge >= 0.3 is 0 Å². The van der Waals surface area contributed by atoms with Gasteiger partial charge in [-0.15, -0.1) is 0 Å². The number of hydrogen-bond donors (Lipinski definition) is 1. The molecule has 0 aliphatic heterocycles. The van der Waals surface area contributed by atoms with Crippen LogP contribution in [0.15, 0.2) is 18.5 Å². The van der Waals surface area contributed by atoms with E-state index >= 15 is 0 Å². The number of nitrogens with one attached hydrogen (secondary N) is 1. The van der Waals surface area contributed by atoms with E-state index in [0.29, 0.717) is 0 Å². The molecule has 2 fully saturated rings. The van der Waals surface area contributed by atoms with Crippen molar-refractivity contribution in [2.75, 3.05) is 6.61 Å². The molecule has 0 spiro atoms. The van der Waals surface area contributed by atoms with Gasteiger partial charge in [0.1, 0.15) is 5.75 Å². The number of ether oxygens (including phenoxy) is 1. The van der Waals surface area contributed by atoms with E-state index in [2.05, 4.69) is 16.4 Å². The molecule has 1 aromatic rings. The van der Waals surface area contributed by atoms with Crippen LogP contribution >= 0.6 is 0 Å². The molecule has 0 bridgehead atoms. The molecule has 0 saturated heterocycles. The third kappa shape index (κ3) is 3.22. The summed E-state index contributed by atoms with van der Waals surface area (Å²) in [5.74, 6) is 1.87. The fourth-order valence-corrected chi connectivity index (χ4v) is 2.34. The molecule has 1 heterocycles. The molecule has 3 heteroatoms. The lowest BCUT2D eigenvalue weighted by Crippen LogP contribution is -2.17. The number of nitrogens with zero attached hydrogens (tertiary/aromatic N) is 1. The Hall–Kier alpha value is -1.09. The van der Waals surface area contributed by atoms with Crippen LogP contribution in [-0.2, 0) is 6.54 Å². The summed E-state index contributed by atoms with van der Waals surface area (Å²) >= 11 is 0. The quantitative estimate of drug-likeness (QED) is 0.803. The lowest BCUT2D eigenvalue weighted by atomic mass is 9.83. The Morgan fingerprint density at radius 2 is 2.17 bits per heavy atom. The van der Waals surface area contributed by atoms with Crippen molar-refractivity contribution < 1.29 is 4.74 Å². The minimum Gasteiger partial charge on any atom is -0.492 e. The van der Waals surface area contributed by atoms with Gasteiger partial charge in [0.15, 0.2) is 0 Å². The van der Waals surface area contributed by atoms with Crippen molar-refractivity contribution in [2.45, 2.75) is 51.1 Å². The van der Waals surface area contributed by atoms with Gasteiger partial charge in [0.2, 0.25) is 0 Å². The normalized spacial score (nSPS) is 19.6. The van der Waals surface area contributed by atoms with Gasteiger partial charge in [0.05, 0.1) is 12.8 Å². The molecule has 0 amide bonds. The van der Waals surface area contributed by atoms with Crippen molar-refractivity contribution in [1.29, 1.82) is 0 Å².